The average Bonchev–Trinajstić information content (AvgIpc) is 3.36. The summed E-state index contributed by atoms with van der Waals surface area (Å²) in [7, 11) is 1.51. The molecular formula is C20H16FN3O3S2. The number of phenols is 1. The van der Waals surface area contributed by atoms with E-state index in [9.17, 15) is 9.50 Å². The molecule has 0 aliphatic rings. The van der Waals surface area contributed by atoms with Crippen LogP contribution in [0.15, 0.2) is 57.5 Å². The number of thioether (sulfide) groups is 1. The van der Waals surface area contributed by atoms with Crippen molar-refractivity contribution in [3.8, 4) is 22.1 Å². The van der Waals surface area contributed by atoms with E-state index >= 15 is 0 Å². The van der Waals surface area contributed by atoms with Crippen molar-refractivity contribution < 1.29 is 18.7 Å². The highest BCUT2D eigenvalue weighted by molar-refractivity contribution is 7.98. The van der Waals surface area contributed by atoms with Gasteiger partial charge in [0.15, 0.2) is 11.5 Å². The Balaban J connectivity index is 1.38. The van der Waals surface area contributed by atoms with Gasteiger partial charge in [0, 0.05) is 16.7 Å². The lowest BCUT2D eigenvalue weighted by Crippen LogP contribution is -1.89. The van der Waals surface area contributed by atoms with Crippen molar-refractivity contribution in [2.24, 2.45) is 0 Å². The molecular weight excluding hydrogens is 413 g/mol. The highest BCUT2D eigenvalue weighted by Crippen LogP contribution is 2.33. The van der Waals surface area contributed by atoms with Crippen LogP contribution in [0, 0.1) is 5.82 Å². The first-order chi connectivity index (χ1) is 14.1. The maximum Gasteiger partial charge on any atom is 0.276 e. The Hall–Kier alpha value is -2.91. The molecule has 2 aromatic carbocycles. The zero-order valence-electron chi connectivity index (χ0n) is 15.3. The van der Waals surface area contributed by atoms with Gasteiger partial charge in [-0.05, 0) is 35.9 Å². The van der Waals surface area contributed by atoms with Crippen molar-refractivity contribution in [2.75, 3.05) is 7.11 Å². The zero-order chi connectivity index (χ0) is 20.2. The molecule has 0 saturated heterocycles. The molecule has 9 heteroatoms. The summed E-state index contributed by atoms with van der Waals surface area (Å²) in [4.78, 5) is 4.61. The van der Waals surface area contributed by atoms with E-state index < -0.39 is 0 Å². The van der Waals surface area contributed by atoms with Crippen LogP contribution >= 0.6 is 23.1 Å². The van der Waals surface area contributed by atoms with E-state index in [1.165, 1.54) is 42.3 Å². The molecule has 0 saturated carbocycles. The molecule has 148 valence electrons. The first kappa shape index (κ1) is 19.4. The van der Waals surface area contributed by atoms with Crippen LogP contribution in [0.25, 0.3) is 10.6 Å². The Bertz CT molecular complexity index is 1130. The predicted molar refractivity (Wildman–Crippen MR) is 109 cm³/mol. The molecule has 0 amide bonds. The third kappa shape index (κ3) is 4.75. The van der Waals surface area contributed by atoms with E-state index in [1.807, 2.05) is 11.4 Å². The minimum atomic E-state index is -0.290. The molecule has 6 nitrogen and oxygen atoms in total. The van der Waals surface area contributed by atoms with Crippen LogP contribution in [0.4, 0.5) is 4.39 Å². The lowest BCUT2D eigenvalue weighted by molar-refractivity contribution is 0.373. The number of hydrogen-bond acceptors (Lipinski definition) is 8. The number of aromatic nitrogens is 3. The van der Waals surface area contributed by atoms with Crippen molar-refractivity contribution in [2.45, 2.75) is 17.4 Å². The summed E-state index contributed by atoms with van der Waals surface area (Å²) in [5.74, 6) is 1.22. The van der Waals surface area contributed by atoms with E-state index in [1.54, 1.807) is 24.3 Å². The summed E-state index contributed by atoms with van der Waals surface area (Å²) < 4.78 is 24.1. The molecule has 4 aromatic rings. The second-order valence-corrected chi connectivity index (χ2v) is 7.87. The largest absolute Gasteiger partial charge is 0.504 e. The normalized spacial score (nSPS) is 11.0. The van der Waals surface area contributed by atoms with Crippen LogP contribution in [0.5, 0.6) is 11.5 Å². The third-order valence-electron chi connectivity index (χ3n) is 4.01. The average molecular weight is 429 g/mol. The Labute approximate surface area is 174 Å². The molecule has 2 aromatic heterocycles. The summed E-state index contributed by atoms with van der Waals surface area (Å²) in [6.07, 6.45) is 0.384. The number of thiazole rings is 1. The van der Waals surface area contributed by atoms with Crippen molar-refractivity contribution in [1.82, 2.24) is 15.2 Å². The molecule has 1 N–H and O–H groups in total. The molecule has 0 fully saturated rings. The molecule has 0 bridgehead atoms. The molecule has 0 unspecified atom stereocenters. The summed E-state index contributed by atoms with van der Waals surface area (Å²) in [5.41, 5.74) is 2.53. The molecule has 0 aliphatic carbocycles. The number of nitrogens with zero attached hydrogens (tertiary/aromatic N) is 3. The highest BCUT2D eigenvalue weighted by atomic mass is 32.2. The van der Waals surface area contributed by atoms with Crippen LogP contribution in [0.1, 0.15) is 17.1 Å². The number of hydrogen-bond donors (Lipinski definition) is 1. The minimum absolute atomic E-state index is 0.0917. The van der Waals surface area contributed by atoms with Crippen molar-refractivity contribution in [1.29, 1.82) is 0 Å². The first-order valence-electron chi connectivity index (χ1n) is 8.62. The number of aromatic hydroxyl groups is 1. The summed E-state index contributed by atoms with van der Waals surface area (Å²) in [6.45, 7) is 0. The van der Waals surface area contributed by atoms with Gasteiger partial charge < -0.3 is 14.3 Å². The quantitative estimate of drug-likeness (QED) is 0.417. The van der Waals surface area contributed by atoms with Gasteiger partial charge in [-0.3, -0.25) is 0 Å². The Kier molecular flexibility index (Phi) is 5.77. The fraction of sp³-hybridized carbons (Fsp3) is 0.150. The Morgan fingerprint density at radius 3 is 2.93 bits per heavy atom. The molecule has 0 radical (unpaired) electrons. The number of ether oxygens (including phenoxy) is 1. The second kappa shape index (κ2) is 8.62. The standard InChI is InChI=1S/C20H16FN3O3S2/c1-26-17-9-13(5-6-16(17)25)19-22-15(10-28-19)11-29-20-24-23-18(27-20)8-12-3-2-4-14(21)7-12/h2-7,9-10,25H,8,11H2,1H3. The number of benzene rings is 2. The van der Waals surface area contributed by atoms with Gasteiger partial charge in [0.1, 0.15) is 10.8 Å². The van der Waals surface area contributed by atoms with Gasteiger partial charge in [-0.1, -0.05) is 23.9 Å². The van der Waals surface area contributed by atoms with Gasteiger partial charge in [0.05, 0.1) is 19.2 Å². The Morgan fingerprint density at radius 2 is 2.10 bits per heavy atom. The molecule has 2 heterocycles. The van der Waals surface area contributed by atoms with Gasteiger partial charge in [-0.2, -0.15) is 0 Å². The van der Waals surface area contributed by atoms with Crippen LogP contribution in [-0.4, -0.2) is 27.4 Å². The molecule has 29 heavy (non-hydrogen) atoms. The van der Waals surface area contributed by atoms with Gasteiger partial charge in [-0.25, -0.2) is 9.37 Å². The summed E-state index contributed by atoms with van der Waals surface area (Å²) >= 11 is 2.90. The van der Waals surface area contributed by atoms with Crippen LogP contribution in [0.3, 0.4) is 0 Å². The molecule has 4 rings (SSSR count). The van der Waals surface area contributed by atoms with E-state index in [0.29, 0.717) is 29.0 Å². The monoisotopic (exact) mass is 429 g/mol. The first-order valence-corrected chi connectivity index (χ1v) is 10.5. The van der Waals surface area contributed by atoms with Crippen molar-refractivity contribution >= 4 is 23.1 Å². The smallest absolute Gasteiger partial charge is 0.276 e. The number of methoxy groups -OCH3 is 1. The number of rotatable bonds is 7. The number of phenolic OH excluding ortho intramolecular Hbond substituents is 1. The van der Waals surface area contributed by atoms with Crippen molar-refractivity contribution in [3.05, 3.63) is 70.8 Å². The maximum absolute atomic E-state index is 13.3. The fourth-order valence-electron chi connectivity index (χ4n) is 2.64. The summed E-state index contributed by atoms with van der Waals surface area (Å²) in [6, 6.07) is 11.4. The van der Waals surface area contributed by atoms with Crippen LogP contribution in [0.2, 0.25) is 0 Å². The van der Waals surface area contributed by atoms with Gasteiger partial charge in [-0.15, -0.1) is 21.5 Å². The van der Waals surface area contributed by atoms with E-state index in [2.05, 4.69) is 15.2 Å². The van der Waals surface area contributed by atoms with Crippen LogP contribution in [-0.2, 0) is 12.2 Å². The van der Waals surface area contributed by atoms with Crippen LogP contribution < -0.4 is 4.74 Å². The second-order valence-electron chi connectivity index (χ2n) is 6.09. The SMILES string of the molecule is COc1cc(-c2nc(CSc3nnc(Cc4cccc(F)c4)o3)cs2)ccc1O. The highest BCUT2D eigenvalue weighted by Gasteiger charge is 2.12. The van der Waals surface area contributed by atoms with E-state index in [0.717, 1.165) is 21.8 Å². The van der Waals surface area contributed by atoms with Gasteiger partial charge in [0.2, 0.25) is 5.89 Å². The maximum atomic E-state index is 13.3. The van der Waals surface area contributed by atoms with Crippen molar-refractivity contribution in [3.63, 3.8) is 0 Å². The summed E-state index contributed by atoms with van der Waals surface area (Å²) in [5, 5.41) is 21.0. The fourth-order valence-corrected chi connectivity index (χ4v) is 4.24. The minimum Gasteiger partial charge on any atom is -0.504 e. The lowest BCUT2D eigenvalue weighted by atomic mass is 10.1. The lowest BCUT2D eigenvalue weighted by Gasteiger charge is -2.04. The topological polar surface area (TPSA) is 81.3 Å². The molecule has 0 atom stereocenters. The Morgan fingerprint density at radius 1 is 1.21 bits per heavy atom. The zero-order valence-corrected chi connectivity index (χ0v) is 17.0. The molecule has 0 spiro atoms. The third-order valence-corrected chi connectivity index (χ3v) is 5.81. The number of halogens is 1. The predicted octanol–water partition coefficient (Wildman–Crippen LogP) is 4.93. The van der Waals surface area contributed by atoms with E-state index in [-0.39, 0.29) is 11.6 Å². The van der Waals surface area contributed by atoms with E-state index in [4.69, 9.17) is 9.15 Å². The molecule has 0 aliphatic heterocycles. The van der Waals surface area contributed by atoms with Gasteiger partial charge >= 0.3 is 0 Å². The van der Waals surface area contributed by atoms with Gasteiger partial charge in [0.25, 0.3) is 5.22 Å².